The molecule has 1 aliphatic rings. The van der Waals surface area contributed by atoms with Crippen LogP contribution in [0.4, 0.5) is 0 Å². The smallest absolute Gasteiger partial charge is 0.0534 e. The standard InChI is InChI=1S/C17H31N3/c1-15-9-7-5-3-2-4-6-8-10-17(15)14-20-13-16(11-18)12-19-20/h12-13,15,17H,2-11,14,18H2,1H3. The van der Waals surface area contributed by atoms with Crippen LogP contribution in [0.25, 0.3) is 0 Å². The summed E-state index contributed by atoms with van der Waals surface area (Å²) >= 11 is 0. The van der Waals surface area contributed by atoms with Crippen molar-refractivity contribution in [3.63, 3.8) is 0 Å². The summed E-state index contributed by atoms with van der Waals surface area (Å²) in [6, 6.07) is 0. The topological polar surface area (TPSA) is 43.8 Å². The summed E-state index contributed by atoms with van der Waals surface area (Å²) in [4.78, 5) is 0. The SMILES string of the molecule is CC1CCCCCCCCCC1Cn1cc(CN)cn1. The monoisotopic (exact) mass is 277 g/mol. The Morgan fingerprint density at radius 1 is 1.10 bits per heavy atom. The highest BCUT2D eigenvalue weighted by Gasteiger charge is 2.18. The first-order valence-electron chi connectivity index (χ1n) is 8.51. The Balaban J connectivity index is 1.92. The lowest BCUT2D eigenvalue weighted by atomic mass is 9.86. The maximum absolute atomic E-state index is 5.67. The Morgan fingerprint density at radius 2 is 1.75 bits per heavy atom. The third-order valence-electron chi connectivity index (χ3n) is 4.88. The van der Waals surface area contributed by atoms with Crippen LogP contribution in [0.1, 0.15) is 70.3 Å². The summed E-state index contributed by atoms with van der Waals surface area (Å²) in [5, 5.41) is 4.47. The van der Waals surface area contributed by atoms with Crippen molar-refractivity contribution in [3.8, 4) is 0 Å². The van der Waals surface area contributed by atoms with E-state index < -0.39 is 0 Å². The lowest BCUT2D eigenvalue weighted by molar-refractivity contribution is 0.261. The highest BCUT2D eigenvalue weighted by Crippen LogP contribution is 2.27. The summed E-state index contributed by atoms with van der Waals surface area (Å²) in [6.45, 7) is 4.11. The minimum absolute atomic E-state index is 0.597. The molecular formula is C17H31N3. The second-order valence-electron chi connectivity index (χ2n) is 6.56. The lowest BCUT2D eigenvalue weighted by Crippen LogP contribution is -2.19. The molecule has 0 amide bonds. The normalized spacial score (nSPS) is 26.1. The maximum atomic E-state index is 5.67. The molecule has 2 N–H and O–H groups in total. The van der Waals surface area contributed by atoms with E-state index in [9.17, 15) is 0 Å². The Labute approximate surface area is 123 Å². The van der Waals surface area contributed by atoms with Gasteiger partial charge in [0.1, 0.15) is 0 Å². The molecule has 0 radical (unpaired) electrons. The van der Waals surface area contributed by atoms with Gasteiger partial charge in [0.05, 0.1) is 6.20 Å². The fraction of sp³-hybridized carbons (Fsp3) is 0.824. The zero-order valence-electron chi connectivity index (χ0n) is 13.1. The van der Waals surface area contributed by atoms with Crippen LogP contribution in [0.2, 0.25) is 0 Å². The number of rotatable bonds is 3. The summed E-state index contributed by atoms with van der Waals surface area (Å²) in [5.74, 6) is 1.59. The van der Waals surface area contributed by atoms with Crippen LogP contribution in [0.3, 0.4) is 0 Å². The maximum Gasteiger partial charge on any atom is 0.0534 e. The Bertz CT molecular complexity index is 372. The Hall–Kier alpha value is -0.830. The molecule has 0 spiro atoms. The third kappa shape index (κ3) is 4.93. The molecule has 114 valence electrons. The minimum Gasteiger partial charge on any atom is -0.326 e. The Kier molecular flexibility index (Phi) is 6.58. The van der Waals surface area contributed by atoms with E-state index in [-0.39, 0.29) is 0 Å². The molecule has 1 saturated carbocycles. The van der Waals surface area contributed by atoms with Gasteiger partial charge in [-0.05, 0) is 18.3 Å². The van der Waals surface area contributed by atoms with Gasteiger partial charge in [0.15, 0.2) is 0 Å². The summed E-state index contributed by atoms with van der Waals surface area (Å²) in [7, 11) is 0. The molecule has 2 unspecified atom stereocenters. The van der Waals surface area contributed by atoms with E-state index in [1.165, 1.54) is 57.8 Å². The van der Waals surface area contributed by atoms with Crippen LogP contribution in [-0.4, -0.2) is 9.78 Å². The van der Waals surface area contributed by atoms with Crippen molar-refractivity contribution in [1.82, 2.24) is 9.78 Å². The highest BCUT2D eigenvalue weighted by molar-refractivity contribution is 5.02. The van der Waals surface area contributed by atoms with Crippen molar-refractivity contribution >= 4 is 0 Å². The van der Waals surface area contributed by atoms with Crippen LogP contribution in [0, 0.1) is 11.8 Å². The first-order chi connectivity index (χ1) is 9.79. The fourth-order valence-electron chi connectivity index (χ4n) is 3.40. The number of nitrogens with two attached hydrogens (primary N) is 1. The molecule has 2 rings (SSSR count). The summed E-state index contributed by atoms with van der Waals surface area (Å²) < 4.78 is 2.11. The molecule has 1 fully saturated rings. The Morgan fingerprint density at radius 3 is 2.40 bits per heavy atom. The number of hydrogen-bond acceptors (Lipinski definition) is 2. The van der Waals surface area contributed by atoms with Gasteiger partial charge in [-0.2, -0.15) is 5.10 Å². The van der Waals surface area contributed by atoms with Gasteiger partial charge in [0.2, 0.25) is 0 Å². The van der Waals surface area contributed by atoms with Crippen molar-refractivity contribution in [1.29, 1.82) is 0 Å². The van der Waals surface area contributed by atoms with Crippen molar-refractivity contribution in [2.75, 3.05) is 0 Å². The van der Waals surface area contributed by atoms with Gasteiger partial charge in [0.25, 0.3) is 0 Å². The van der Waals surface area contributed by atoms with E-state index in [2.05, 4.69) is 22.9 Å². The zero-order valence-corrected chi connectivity index (χ0v) is 13.1. The fourth-order valence-corrected chi connectivity index (χ4v) is 3.40. The molecule has 1 aliphatic carbocycles. The predicted octanol–water partition coefficient (Wildman–Crippen LogP) is 4.12. The number of aromatic nitrogens is 2. The van der Waals surface area contributed by atoms with Gasteiger partial charge in [-0.3, -0.25) is 4.68 Å². The van der Waals surface area contributed by atoms with Crippen LogP contribution >= 0.6 is 0 Å². The molecule has 3 heteroatoms. The van der Waals surface area contributed by atoms with Gasteiger partial charge in [-0.25, -0.2) is 0 Å². The van der Waals surface area contributed by atoms with Crippen molar-refractivity contribution < 1.29 is 0 Å². The summed E-state index contributed by atoms with van der Waals surface area (Å²) in [5.41, 5.74) is 6.82. The van der Waals surface area contributed by atoms with Crippen molar-refractivity contribution in [2.45, 2.75) is 77.8 Å². The molecule has 20 heavy (non-hydrogen) atoms. The lowest BCUT2D eigenvalue weighted by Gasteiger charge is -2.24. The molecule has 2 atom stereocenters. The van der Waals surface area contributed by atoms with Gasteiger partial charge < -0.3 is 5.73 Å². The highest BCUT2D eigenvalue weighted by atomic mass is 15.3. The molecule has 0 aliphatic heterocycles. The van der Waals surface area contributed by atoms with E-state index >= 15 is 0 Å². The molecular weight excluding hydrogens is 246 g/mol. The largest absolute Gasteiger partial charge is 0.326 e. The zero-order chi connectivity index (χ0) is 14.2. The van der Waals surface area contributed by atoms with Crippen LogP contribution < -0.4 is 5.73 Å². The predicted molar refractivity (Wildman–Crippen MR) is 84.3 cm³/mol. The molecule has 1 aromatic rings. The average Bonchev–Trinajstić information content (AvgIpc) is 2.89. The molecule has 0 aromatic carbocycles. The van der Waals surface area contributed by atoms with Crippen LogP contribution in [0.15, 0.2) is 12.4 Å². The van der Waals surface area contributed by atoms with Gasteiger partial charge >= 0.3 is 0 Å². The molecule has 0 bridgehead atoms. The second-order valence-corrected chi connectivity index (χ2v) is 6.56. The number of hydrogen-bond donors (Lipinski definition) is 1. The van der Waals surface area contributed by atoms with Crippen molar-refractivity contribution in [3.05, 3.63) is 18.0 Å². The molecule has 3 nitrogen and oxygen atoms in total. The average molecular weight is 277 g/mol. The summed E-state index contributed by atoms with van der Waals surface area (Å²) in [6.07, 6.45) is 16.7. The van der Waals surface area contributed by atoms with E-state index in [0.717, 1.165) is 23.9 Å². The van der Waals surface area contributed by atoms with Gasteiger partial charge in [-0.15, -0.1) is 0 Å². The van der Waals surface area contributed by atoms with Crippen LogP contribution in [-0.2, 0) is 13.1 Å². The first kappa shape index (κ1) is 15.6. The van der Waals surface area contributed by atoms with E-state index in [1.807, 2.05) is 6.20 Å². The molecule has 1 aromatic heterocycles. The van der Waals surface area contributed by atoms with E-state index in [1.54, 1.807) is 0 Å². The quantitative estimate of drug-likeness (QED) is 0.903. The third-order valence-corrected chi connectivity index (χ3v) is 4.88. The molecule has 1 heterocycles. The minimum atomic E-state index is 0.597. The van der Waals surface area contributed by atoms with Gasteiger partial charge in [0, 0.05) is 24.8 Å². The van der Waals surface area contributed by atoms with E-state index in [4.69, 9.17) is 5.73 Å². The molecule has 0 saturated heterocycles. The van der Waals surface area contributed by atoms with Crippen molar-refractivity contribution in [2.24, 2.45) is 17.6 Å². The van der Waals surface area contributed by atoms with E-state index in [0.29, 0.717) is 6.54 Å². The van der Waals surface area contributed by atoms with Gasteiger partial charge in [-0.1, -0.05) is 58.3 Å². The second kappa shape index (κ2) is 8.46. The first-order valence-corrected chi connectivity index (χ1v) is 8.51. The van der Waals surface area contributed by atoms with Crippen LogP contribution in [0.5, 0.6) is 0 Å². The number of nitrogens with zero attached hydrogens (tertiary/aromatic N) is 2.